The molecule has 1 aromatic rings. The smallest absolute Gasteiger partial charge is 0.209 e. The molecule has 0 aromatic heterocycles. The lowest BCUT2D eigenvalue weighted by Gasteiger charge is -2.12. The SMILES string of the molecule is Cc1ccc(C(C)C)cc1OCCCCCS(N)(=O)=O. The van der Waals surface area contributed by atoms with Crippen molar-refractivity contribution in [2.75, 3.05) is 12.4 Å². The van der Waals surface area contributed by atoms with Crippen molar-refractivity contribution < 1.29 is 13.2 Å². The lowest BCUT2D eigenvalue weighted by Crippen LogP contribution is -2.16. The summed E-state index contributed by atoms with van der Waals surface area (Å²) in [6.07, 6.45) is 2.23. The van der Waals surface area contributed by atoms with E-state index in [1.807, 2.05) is 6.92 Å². The van der Waals surface area contributed by atoms with Gasteiger partial charge < -0.3 is 4.74 Å². The third-order valence-electron chi connectivity index (χ3n) is 3.21. The van der Waals surface area contributed by atoms with Crippen molar-refractivity contribution in [3.8, 4) is 5.75 Å². The van der Waals surface area contributed by atoms with Crippen LogP contribution in [-0.4, -0.2) is 20.8 Å². The number of primary sulfonamides is 1. The maximum Gasteiger partial charge on any atom is 0.209 e. The normalized spacial score (nSPS) is 11.8. The van der Waals surface area contributed by atoms with Crippen LogP contribution in [-0.2, 0) is 10.0 Å². The summed E-state index contributed by atoms with van der Waals surface area (Å²) in [7, 11) is -3.33. The number of rotatable bonds is 8. The second-order valence-electron chi connectivity index (χ2n) is 5.46. The van der Waals surface area contributed by atoms with Crippen LogP contribution < -0.4 is 9.88 Å². The molecular weight excluding hydrogens is 274 g/mol. The Labute approximate surface area is 122 Å². The standard InChI is InChI=1S/C15H25NO3S/c1-12(2)14-8-7-13(3)15(11-14)19-9-5-4-6-10-20(16,17)18/h7-8,11-12H,4-6,9-10H2,1-3H3,(H2,16,17,18). The molecule has 0 aliphatic heterocycles. The quantitative estimate of drug-likeness (QED) is 0.750. The molecule has 0 saturated carbocycles. The van der Waals surface area contributed by atoms with Crippen LogP contribution in [0.4, 0.5) is 0 Å². The Bertz CT molecular complexity index is 524. The molecule has 0 saturated heterocycles. The molecule has 0 fully saturated rings. The predicted octanol–water partition coefficient (Wildman–Crippen LogP) is 2.96. The molecule has 0 atom stereocenters. The monoisotopic (exact) mass is 299 g/mol. The zero-order chi connectivity index (χ0) is 15.2. The molecule has 0 heterocycles. The highest BCUT2D eigenvalue weighted by Gasteiger charge is 2.05. The number of nitrogens with two attached hydrogens (primary N) is 1. The van der Waals surface area contributed by atoms with E-state index in [1.54, 1.807) is 0 Å². The summed E-state index contributed by atoms with van der Waals surface area (Å²) in [6, 6.07) is 6.29. The highest BCUT2D eigenvalue weighted by atomic mass is 32.2. The number of ether oxygens (including phenoxy) is 1. The van der Waals surface area contributed by atoms with E-state index >= 15 is 0 Å². The van der Waals surface area contributed by atoms with Crippen molar-refractivity contribution >= 4 is 10.0 Å². The molecule has 0 aliphatic carbocycles. The molecule has 20 heavy (non-hydrogen) atoms. The van der Waals surface area contributed by atoms with E-state index < -0.39 is 10.0 Å². The fourth-order valence-corrected chi connectivity index (χ4v) is 2.50. The highest BCUT2D eigenvalue weighted by Crippen LogP contribution is 2.24. The van der Waals surface area contributed by atoms with Crippen molar-refractivity contribution in [3.63, 3.8) is 0 Å². The van der Waals surface area contributed by atoms with Crippen LogP contribution in [0, 0.1) is 6.92 Å². The van der Waals surface area contributed by atoms with Crippen molar-refractivity contribution in [3.05, 3.63) is 29.3 Å². The summed E-state index contributed by atoms with van der Waals surface area (Å²) in [5.41, 5.74) is 2.39. The summed E-state index contributed by atoms with van der Waals surface area (Å²) in [6.45, 7) is 6.94. The maximum absolute atomic E-state index is 10.8. The second-order valence-corrected chi connectivity index (χ2v) is 7.19. The zero-order valence-corrected chi connectivity index (χ0v) is 13.4. The van der Waals surface area contributed by atoms with Crippen LogP contribution in [0.15, 0.2) is 18.2 Å². The Kier molecular flexibility index (Phi) is 6.49. The van der Waals surface area contributed by atoms with Gasteiger partial charge in [-0.25, -0.2) is 13.6 Å². The van der Waals surface area contributed by atoms with Gasteiger partial charge in [-0.2, -0.15) is 0 Å². The van der Waals surface area contributed by atoms with E-state index in [1.165, 1.54) is 5.56 Å². The van der Waals surface area contributed by atoms with E-state index in [9.17, 15) is 8.42 Å². The number of aryl methyl sites for hydroxylation is 1. The molecule has 0 radical (unpaired) electrons. The molecule has 0 unspecified atom stereocenters. The van der Waals surface area contributed by atoms with Gasteiger partial charge in [0.2, 0.25) is 10.0 Å². The van der Waals surface area contributed by atoms with Crippen LogP contribution in [0.5, 0.6) is 5.75 Å². The summed E-state index contributed by atoms with van der Waals surface area (Å²) >= 11 is 0. The van der Waals surface area contributed by atoms with Crippen molar-refractivity contribution in [1.82, 2.24) is 0 Å². The van der Waals surface area contributed by atoms with Gasteiger partial charge in [-0.1, -0.05) is 26.0 Å². The van der Waals surface area contributed by atoms with Gasteiger partial charge in [0.25, 0.3) is 0 Å². The van der Waals surface area contributed by atoms with E-state index in [2.05, 4.69) is 32.0 Å². The Morgan fingerprint density at radius 3 is 2.50 bits per heavy atom. The minimum absolute atomic E-state index is 0.0505. The van der Waals surface area contributed by atoms with Crippen LogP contribution in [0.3, 0.4) is 0 Å². The van der Waals surface area contributed by atoms with Crippen LogP contribution in [0.25, 0.3) is 0 Å². The third kappa shape index (κ3) is 6.39. The predicted molar refractivity (Wildman–Crippen MR) is 82.6 cm³/mol. The molecule has 0 amide bonds. The number of benzene rings is 1. The van der Waals surface area contributed by atoms with E-state index in [0.717, 1.165) is 24.2 Å². The average molecular weight is 299 g/mol. The highest BCUT2D eigenvalue weighted by molar-refractivity contribution is 7.89. The lowest BCUT2D eigenvalue weighted by molar-refractivity contribution is 0.304. The number of unbranched alkanes of at least 4 members (excludes halogenated alkanes) is 2. The number of hydrogen-bond donors (Lipinski definition) is 1. The molecule has 0 bridgehead atoms. The Hall–Kier alpha value is -1.07. The van der Waals surface area contributed by atoms with Crippen LogP contribution in [0.1, 0.15) is 50.2 Å². The van der Waals surface area contributed by atoms with Gasteiger partial charge in [-0.05, 0) is 49.3 Å². The molecule has 114 valence electrons. The minimum Gasteiger partial charge on any atom is -0.493 e. The van der Waals surface area contributed by atoms with Crippen molar-refractivity contribution in [2.24, 2.45) is 5.14 Å². The third-order valence-corrected chi connectivity index (χ3v) is 4.07. The first-order valence-corrected chi connectivity index (χ1v) is 8.75. The summed E-state index contributed by atoms with van der Waals surface area (Å²) in [5.74, 6) is 1.45. The van der Waals surface area contributed by atoms with Gasteiger partial charge >= 0.3 is 0 Å². The summed E-state index contributed by atoms with van der Waals surface area (Å²) in [4.78, 5) is 0. The second kappa shape index (κ2) is 7.64. The largest absolute Gasteiger partial charge is 0.493 e. The zero-order valence-electron chi connectivity index (χ0n) is 12.6. The van der Waals surface area contributed by atoms with Gasteiger partial charge in [0.05, 0.1) is 12.4 Å². The molecule has 4 nitrogen and oxygen atoms in total. The van der Waals surface area contributed by atoms with Crippen LogP contribution >= 0.6 is 0 Å². The number of sulfonamides is 1. The number of hydrogen-bond acceptors (Lipinski definition) is 3. The Balaban J connectivity index is 2.37. The van der Waals surface area contributed by atoms with Gasteiger partial charge in [-0.3, -0.25) is 0 Å². The minimum atomic E-state index is -3.33. The molecule has 5 heteroatoms. The molecule has 2 N–H and O–H groups in total. The van der Waals surface area contributed by atoms with E-state index in [4.69, 9.17) is 9.88 Å². The Morgan fingerprint density at radius 1 is 1.20 bits per heavy atom. The van der Waals surface area contributed by atoms with E-state index in [-0.39, 0.29) is 5.75 Å². The van der Waals surface area contributed by atoms with Crippen molar-refractivity contribution in [1.29, 1.82) is 0 Å². The molecule has 1 aromatic carbocycles. The van der Waals surface area contributed by atoms with E-state index in [0.29, 0.717) is 18.9 Å². The topological polar surface area (TPSA) is 69.4 Å². The first-order valence-electron chi connectivity index (χ1n) is 7.03. The maximum atomic E-state index is 10.8. The fraction of sp³-hybridized carbons (Fsp3) is 0.600. The first kappa shape index (κ1) is 17.0. The fourth-order valence-electron chi connectivity index (χ4n) is 1.90. The first-order chi connectivity index (χ1) is 9.29. The molecule has 1 rings (SSSR count). The molecule has 0 spiro atoms. The lowest BCUT2D eigenvalue weighted by atomic mass is 10.0. The summed E-state index contributed by atoms with van der Waals surface area (Å²) < 4.78 is 27.3. The van der Waals surface area contributed by atoms with Crippen LogP contribution in [0.2, 0.25) is 0 Å². The molecular formula is C15H25NO3S. The van der Waals surface area contributed by atoms with Gasteiger partial charge in [0.1, 0.15) is 5.75 Å². The van der Waals surface area contributed by atoms with Crippen molar-refractivity contribution in [2.45, 2.75) is 46.0 Å². The Morgan fingerprint density at radius 2 is 1.90 bits per heavy atom. The molecule has 0 aliphatic rings. The van der Waals surface area contributed by atoms with Gasteiger partial charge in [0.15, 0.2) is 0 Å². The summed E-state index contributed by atoms with van der Waals surface area (Å²) in [5, 5.41) is 4.95. The van der Waals surface area contributed by atoms with Gasteiger partial charge in [0, 0.05) is 0 Å². The van der Waals surface area contributed by atoms with Gasteiger partial charge in [-0.15, -0.1) is 0 Å². The average Bonchev–Trinajstić information content (AvgIpc) is 2.34.